The van der Waals surface area contributed by atoms with Gasteiger partial charge in [-0.05, 0) is 36.5 Å². The SMILES string of the molecule is C[C@@H]1[C@H](C)CCC[C@@H]1NC(=O)[C@@H]1N(CCN2CCOCC2)C(=O)[C@H]2[C@@H](C(=O)Nc3cc(Cl)cc(Cl)c3)[C@H]3C=C[C@@]12O3. The first-order valence-corrected chi connectivity index (χ1v) is 15.5. The third-order valence-electron chi connectivity index (χ3n) is 9.85. The molecule has 4 aliphatic heterocycles. The summed E-state index contributed by atoms with van der Waals surface area (Å²) < 4.78 is 12.0. The Hall–Kier alpha value is -2.17. The van der Waals surface area contributed by atoms with E-state index in [1.54, 1.807) is 23.1 Å². The lowest BCUT2D eigenvalue weighted by Gasteiger charge is -2.38. The third-order valence-corrected chi connectivity index (χ3v) is 10.3. The van der Waals surface area contributed by atoms with E-state index in [2.05, 4.69) is 29.4 Å². The van der Waals surface area contributed by atoms with E-state index in [0.717, 1.165) is 32.4 Å². The van der Waals surface area contributed by atoms with Gasteiger partial charge in [0.25, 0.3) is 0 Å². The van der Waals surface area contributed by atoms with Gasteiger partial charge in [0, 0.05) is 48.0 Å². The van der Waals surface area contributed by atoms with Crippen LogP contribution in [0.25, 0.3) is 0 Å². The molecule has 4 fully saturated rings. The monoisotopic (exact) mass is 604 g/mol. The molecule has 9 nitrogen and oxygen atoms in total. The number of anilines is 1. The summed E-state index contributed by atoms with van der Waals surface area (Å²) in [5.74, 6) is -1.55. The molecule has 4 heterocycles. The normalized spacial score (nSPS) is 36.4. The summed E-state index contributed by atoms with van der Waals surface area (Å²) in [5.41, 5.74) is -0.758. The van der Waals surface area contributed by atoms with Crippen LogP contribution in [0, 0.1) is 23.7 Å². The van der Waals surface area contributed by atoms with Crippen LogP contribution < -0.4 is 10.6 Å². The molecule has 1 saturated carbocycles. The fourth-order valence-electron chi connectivity index (χ4n) is 7.48. The van der Waals surface area contributed by atoms with Crippen molar-refractivity contribution in [3.05, 3.63) is 40.4 Å². The molecule has 0 radical (unpaired) electrons. The number of morpholine rings is 1. The zero-order chi connectivity index (χ0) is 28.9. The number of carbonyl (C=O) groups is 3. The highest BCUT2D eigenvalue weighted by atomic mass is 35.5. The maximum Gasteiger partial charge on any atom is 0.246 e. The van der Waals surface area contributed by atoms with Crippen molar-refractivity contribution in [3.8, 4) is 0 Å². The maximum absolute atomic E-state index is 14.2. The lowest BCUT2D eigenvalue weighted by molar-refractivity contribution is -0.142. The fraction of sp³-hybridized carbons (Fsp3) is 0.633. The van der Waals surface area contributed by atoms with Gasteiger partial charge in [0.05, 0.1) is 31.2 Å². The minimum atomic E-state index is -1.20. The number of carbonyl (C=O) groups excluding carboxylic acids is 3. The van der Waals surface area contributed by atoms with Crippen LogP contribution >= 0.6 is 23.2 Å². The summed E-state index contributed by atoms with van der Waals surface area (Å²) >= 11 is 12.3. The van der Waals surface area contributed by atoms with Gasteiger partial charge in [-0.1, -0.05) is 62.0 Å². The molecule has 0 unspecified atom stereocenters. The first-order chi connectivity index (χ1) is 19.7. The summed E-state index contributed by atoms with van der Waals surface area (Å²) in [6.45, 7) is 8.23. The zero-order valence-corrected chi connectivity index (χ0v) is 25.0. The Morgan fingerprint density at radius 1 is 1.05 bits per heavy atom. The van der Waals surface area contributed by atoms with Crippen molar-refractivity contribution < 1.29 is 23.9 Å². The van der Waals surface area contributed by atoms with Crippen molar-refractivity contribution in [2.45, 2.75) is 56.9 Å². The van der Waals surface area contributed by atoms with Gasteiger partial charge in [0.1, 0.15) is 11.6 Å². The molecule has 222 valence electrons. The molecule has 3 saturated heterocycles. The van der Waals surface area contributed by atoms with E-state index in [9.17, 15) is 14.4 Å². The number of fused-ring (bicyclic) bond motifs is 1. The van der Waals surface area contributed by atoms with Crippen LogP contribution in [0.5, 0.6) is 0 Å². The lowest BCUT2D eigenvalue weighted by atomic mass is 9.73. The lowest BCUT2D eigenvalue weighted by Crippen LogP contribution is -2.58. The van der Waals surface area contributed by atoms with Gasteiger partial charge in [-0.25, -0.2) is 0 Å². The average molecular weight is 606 g/mol. The molecule has 1 aromatic carbocycles. The summed E-state index contributed by atoms with van der Waals surface area (Å²) in [7, 11) is 0. The maximum atomic E-state index is 14.2. The molecule has 1 aliphatic carbocycles. The van der Waals surface area contributed by atoms with Crippen molar-refractivity contribution in [2.75, 3.05) is 44.7 Å². The highest BCUT2D eigenvalue weighted by molar-refractivity contribution is 6.35. The second-order valence-corrected chi connectivity index (χ2v) is 13.1. The van der Waals surface area contributed by atoms with Crippen molar-refractivity contribution in [1.29, 1.82) is 0 Å². The molecule has 1 aromatic rings. The Kier molecular flexibility index (Phi) is 8.11. The van der Waals surface area contributed by atoms with Gasteiger partial charge in [-0.3, -0.25) is 19.3 Å². The number of nitrogens with one attached hydrogen (secondary N) is 2. The topological polar surface area (TPSA) is 100 Å². The van der Waals surface area contributed by atoms with E-state index in [1.165, 1.54) is 0 Å². The number of nitrogens with zero attached hydrogens (tertiary/aromatic N) is 2. The van der Waals surface area contributed by atoms with E-state index in [4.69, 9.17) is 32.7 Å². The number of hydrogen-bond acceptors (Lipinski definition) is 6. The van der Waals surface area contributed by atoms with Crippen LogP contribution in [0.4, 0.5) is 5.69 Å². The van der Waals surface area contributed by atoms with Gasteiger partial charge in [0.2, 0.25) is 17.7 Å². The molecule has 2 bridgehead atoms. The molecule has 11 heteroatoms. The van der Waals surface area contributed by atoms with Crippen LogP contribution in [0.2, 0.25) is 10.0 Å². The standard InChI is InChI=1S/C30H38Cl2N4O5/c1-17-4-3-5-22(18(17)2)34-28(38)26-30-7-6-23(41-30)24(27(37)33-21-15-19(31)14-20(32)16-21)25(30)29(39)36(26)9-8-35-10-12-40-13-11-35/h6-7,14-18,22-26H,3-5,8-13H2,1-2H3,(H,33,37)(H,34,38)/t17-,18-,22+,23-,24+,25-,26+,30+/m1/s1. The first kappa shape index (κ1) is 28.9. The average Bonchev–Trinajstić information content (AvgIpc) is 3.57. The molecule has 6 rings (SSSR count). The number of benzene rings is 1. The van der Waals surface area contributed by atoms with Gasteiger partial charge in [-0.15, -0.1) is 0 Å². The predicted octanol–water partition coefficient (Wildman–Crippen LogP) is 3.36. The summed E-state index contributed by atoms with van der Waals surface area (Å²) in [5, 5.41) is 6.97. The molecule has 8 atom stereocenters. The minimum absolute atomic E-state index is 0.0344. The number of likely N-dealkylation sites (tertiary alicyclic amines) is 1. The minimum Gasteiger partial charge on any atom is -0.379 e. The number of hydrogen-bond donors (Lipinski definition) is 2. The number of rotatable bonds is 7. The highest BCUT2D eigenvalue weighted by Crippen LogP contribution is 2.55. The van der Waals surface area contributed by atoms with Crippen LogP contribution in [0.3, 0.4) is 0 Å². The third kappa shape index (κ3) is 5.29. The second kappa shape index (κ2) is 11.5. The predicted molar refractivity (Wildman–Crippen MR) is 156 cm³/mol. The zero-order valence-electron chi connectivity index (χ0n) is 23.5. The quantitative estimate of drug-likeness (QED) is 0.463. The second-order valence-electron chi connectivity index (χ2n) is 12.2. The number of ether oxygens (including phenoxy) is 2. The van der Waals surface area contributed by atoms with Crippen LogP contribution in [0.1, 0.15) is 33.1 Å². The Labute approximate surface area is 250 Å². The van der Waals surface area contributed by atoms with Crippen LogP contribution in [-0.4, -0.2) is 90.7 Å². The molecular weight excluding hydrogens is 567 g/mol. The van der Waals surface area contributed by atoms with Gasteiger partial charge in [-0.2, -0.15) is 0 Å². The molecule has 1 spiro atoms. The van der Waals surface area contributed by atoms with Crippen LogP contribution in [-0.2, 0) is 23.9 Å². The van der Waals surface area contributed by atoms with Gasteiger partial charge in [0.15, 0.2) is 0 Å². The molecular formula is C30H38Cl2N4O5. The van der Waals surface area contributed by atoms with Crippen molar-refractivity contribution in [1.82, 2.24) is 15.1 Å². The van der Waals surface area contributed by atoms with Crippen molar-refractivity contribution >= 4 is 46.6 Å². The molecule has 41 heavy (non-hydrogen) atoms. The van der Waals surface area contributed by atoms with Gasteiger partial charge >= 0.3 is 0 Å². The van der Waals surface area contributed by atoms with Crippen LogP contribution in [0.15, 0.2) is 30.4 Å². The summed E-state index contributed by atoms with van der Waals surface area (Å²) in [4.78, 5) is 46.0. The van der Waals surface area contributed by atoms with Crippen molar-refractivity contribution in [3.63, 3.8) is 0 Å². The summed E-state index contributed by atoms with van der Waals surface area (Å²) in [6, 6.07) is 3.98. The van der Waals surface area contributed by atoms with E-state index in [1.807, 2.05) is 12.2 Å². The number of amides is 3. The fourth-order valence-corrected chi connectivity index (χ4v) is 8.01. The molecule has 5 aliphatic rings. The number of halogens is 2. The Morgan fingerprint density at radius 2 is 1.78 bits per heavy atom. The van der Waals surface area contributed by atoms with E-state index in [-0.39, 0.29) is 23.8 Å². The molecule has 2 N–H and O–H groups in total. The van der Waals surface area contributed by atoms with E-state index in [0.29, 0.717) is 53.9 Å². The first-order valence-electron chi connectivity index (χ1n) is 14.7. The van der Waals surface area contributed by atoms with Gasteiger partial charge < -0.3 is 25.0 Å². The smallest absolute Gasteiger partial charge is 0.246 e. The Balaban J connectivity index is 1.28. The Bertz CT molecular complexity index is 1220. The van der Waals surface area contributed by atoms with E-state index < -0.39 is 29.6 Å². The van der Waals surface area contributed by atoms with E-state index >= 15 is 0 Å². The molecule has 3 amide bonds. The Morgan fingerprint density at radius 3 is 2.51 bits per heavy atom. The van der Waals surface area contributed by atoms with Crippen molar-refractivity contribution in [2.24, 2.45) is 23.7 Å². The largest absolute Gasteiger partial charge is 0.379 e. The highest BCUT2D eigenvalue weighted by Gasteiger charge is 2.72. The summed E-state index contributed by atoms with van der Waals surface area (Å²) in [6.07, 6.45) is 6.19. The molecule has 0 aromatic heterocycles.